The largest absolute Gasteiger partial charge is 0.497 e. The Morgan fingerprint density at radius 2 is 1.27 bits per heavy atom. The molecule has 6 aromatic carbocycles. The second-order valence-electron chi connectivity index (χ2n) is 13.5. The van der Waals surface area contributed by atoms with E-state index in [9.17, 15) is 0 Å². The zero-order chi connectivity index (χ0) is 37.8. The van der Waals surface area contributed by atoms with Crippen molar-refractivity contribution in [3.63, 3.8) is 0 Å². The molecule has 0 aliphatic rings. The molecule has 0 atom stereocenters. The number of ether oxygens (including phenoxy) is 4. The number of hydrogen-bond donors (Lipinski definition) is 0. The molecular formula is C48H38N4O4. The summed E-state index contributed by atoms with van der Waals surface area (Å²) in [5, 5.41) is 7.04. The van der Waals surface area contributed by atoms with Gasteiger partial charge in [0.2, 0.25) is 0 Å². The van der Waals surface area contributed by atoms with Crippen LogP contribution in [-0.2, 0) is 13.2 Å². The predicted octanol–water partition coefficient (Wildman–Crippen LogP) is 11.3. The van der Waals surface area contributed by atoms with Crippen LogP contribution in [0.4, 0.5) is 0 Å². The number of para-hydroxylation sites is 1. The summed E-state index contributed by atoms with van der Waals surface area (Å²) in [5.74, 6) is 4.33. The number of aromatic nitrogens is 4. The zero-order valence-electron chi connectivity index (χ0n) is 31.0. The second-order valence-corrected chi connectivity index (χ2v) is 13.5. The van der Waals surface area contributed by atoms with Crippen LogP contribution in [0.1, 0.15) is 16.7 Å². The molecule has 0 bridgehead atoms. The second kappa shape index (κ2) is 15.2. The SMILES string of the molecule is COc1ccnc(-n2c3ccccc3c3ccc(Oc4cccc(-n5cc(-c6c(OCc7ccccc7)cc(C)cc6OCc6ccccc6)cn5)c4)cc32)c1. The smallest absolute Gasteiger partial charge is 0.141 e. The molecule has 0 N–H and O–H groups in total. The van der Waals surface area contributed by atoms with Crippen molar-refractivity contribution in [2.75, 3.05) is 7.11 Å². The highest BCUT2D eigenvalue weighted by atomic mass is 16.5. The first-order valence-electron chi connectivity index (χ1n) is 18.4. The molecule has 274 valence electrons. The maximum atomic E-state index is 6.53. The Bertz CT molecular complexity index is 2730. The van der Waals surface area contributed by atoms with Gasteiger partial charge in [-0.1, -0.05) is 84.9 Å². The van der Waals surface area contributed by atoms with E-state index in [0.29, 0.717) is 24.7 Å². The molecule has 8 heteroatoms. The predicted molar refractivity (Wildman–Crippen MR) is 220 cm³/mol. The van der Waals surface area contributed by atoms with E-state index in [1.165, 1.54) is 0 Å². The number of rotatable bonds is 12. The van der Waals surface area contributed by atoms with E-state index in [-0.39, 0.29) is 0 Å². The molecule has 0 spiro atoms. The Morgan fingerprint density at radius 3 is 2.00 bits per heavy atom. The van der Waals surface area contributed by atoms with Crippen LogP contribution in [0.15, 0.2) is 170 Å². The fraction of sp³-hybridized carbons (Fsp3) is 0.0833. The third kappa shape index (κ3) is 7.03. The van der Waals surface area contributed by atoms with E-state index in [0.717, 1.165) is 78.4 Å². The molecule has 0 fully saturated rings. The summed E-state index contributed by atoms with van der Waals surface area (Å²) in [6.07, 6.45) is 5.61. The molecule has 8 nitrogen and oxygen atoms in total. The van der Waals surface area contributed by atoms with Crippen molar-refractivity contribution in [2.45, 2.75) is 20.1 Å². The van der Waals surface area contributed by atoms with Crippen molar-refractivity contribution in [1.82, 2.24) is 19.3 Å². The van der Waals surface area contributed by atoms with E-state index >= 15 is 0 Å². The minimum atomic E-state index is 0.422. The van der Waals surface area contributed by atoms with Gasteiger partial charge in [-0.2, -0.15) is 5.10 Å². The first kappa shape index (κ1) is 34.4. The summed E-state index contributed by atoms with van der Waals surface area (Å²) >= 11 is 0. The van der Waals surface area contributed by atoms with E-state index in [1.54, 1.807) is 13.3 Å². The fourth-order valence-electron chi connectivity index (χ4n) is 7.03. The van der Waals surface area contributed by atoms with Gasteiger partial charge in [0.1, 0.15) is 47.8 Å². The molecule has 0 aliphatic carbocycles. The molecule has 0 saturated carbocycles. The van der Waals surface area contributed by atoms with Gasteiger partial charge in [0.05, 0.1) is 35.6 Å². The van der Waals surface area contributed by atoms with Crippen LogP contribution in [-0.4, -0.2) is 26.4 Å². The van der Waals surface area contributed by atoms with Gasteiger partial charge in [-0.3, -0.25) is 4.57 Å². The highest BCUT2D eigenvalue weighted by Gasteiger charge is 2.19. The van der Waals surface area contributed by atoms with Gasteiger partial charge in [-0.05, 0) is 72.1 Å². The van der Waals surface area contributed by atoms with Gasteiger partial charge in [0.25, 0.3) is 0 Å². The lowest BCUT2D eigenvalue weighted by Crippen LogP contribution is -2.01. The molecule has 0 unspecified atom stereocenters. The number of aryl methyl sites for hydroxylation is 1. The molecule has 0 saturated heterocycles. The Morgan fingerprint density at radius 1 is 0.589 bits per heavy atom. The van der Waals surface area contributed by atoms with Crippen LogP contribution in [0.2, 0.25) is 0 Å². The van der Waals surface area contributed by atoms with Crippen molar-refractivity contribution >= 4 is 21.8 Å². The lowest BCUT2D eigenvalue weighted by molar-refractivity contribution is 0.292. The van der Waals surface area contributed by atoms with E-state index < -0.39 is 0 Å². The quantitative estimate of drug-likeness (QED) is 0.124. The highest BCUT2D eigenvalue weighted by molar-refractivity contribution is 6.09. The summed E-state index contributed by atoms with van der Waals surface area (Å²) in [6, 6.07) is 50.6. The summed E-state index contributed by atoms with van der Waals surface area (Å²) < 4.78 is 29.0. The standard InChI is InChI=1S/C48H38N4O4/c1-33-24-45(54-31-34-12-5-3-6-13-34)48(46(25-33)55-32-35-14-7-4-8-15-35)36-29-50-51(30-36)37-16-11-17-39(26-37)56-40-20-21-42-41-18-9-10-19-43(41)52(44(42)27-40)47-28-38(53-2)22-23-49-47/h3-30H,31-32H2,1-2H3. The first-order chi connectivity index (χ1) is 27.6. The third-order valence-electron chi connectivity index (χ3n) is 9.70. The van der Waals surface area contributed by atoms with Gasteiger partial charge in [0, 0.05) is 46.9 Å². The van der Waals surface area contributed by atoms with E-state index in [2.05, 4.69) is 78.2 Å². The minimum Gasteiger partial charge on any atom is -0.497 e. The van der Waals surface area contributed by atoms with Crippen LogP contribution in [0.5, 0.6) is 28.7 Å². The first-order valence-corrected chi connectivity index (χ1v) is 18.4. The molecule has 0 amide bonds. The Labute approximate surface area is 324 Å². The van der Waals surface area contributed by atoms with Gasteiger partial charge in [-0.25, -0.2) is 9.67 Å². The zero-order valence-corrected chi connectivity index (χ0v) is 31.0. The molecule has 0 aliphatic heterocycles. The molecule has 56 heavy (non-hydrogen) atoms. The third-order valence-corrected chi connectivity index (χ3v) is 9.70. The van der Waals surface area contributed by atoms with Crippen LogP contribution >= 0.6 is 0 Å². The molecule has 9 aromatic rings. The number of benzene rings is 6. The maximum Gasteiger partial charge on any atom is 0.141 e. The van der Waals surface area contributed by atoms with Gasteiger partial charge >= 0.3 is 0 Å². The summed E-state index contributed by atoms with van der Waals surface area (Å²) in [6.45, 7) is 2.90. The lowest BCUT2D eigenvalue weighted by atomic mass is 10.0. The van der Waals surface area contributed by atoms with E-state index in [1.807, 2.05) is 102 Å². The minimum absolute atomic E-state index is 0.422. The van der Waals surface area contributed by atoms with Crippen molar-refractivity contribution in [2.24, 2.45) is 0 Å². The number of hydrogen-bond acceptors (Lipinski definition) is 6. The molecule has 3 aromatic heterocycles. The highest BCUT2D eigenvalue weighted by Crippen LogP contribution is 2.41. The molecular weight excluding hydrogens is 697 g/mol. The summed E-state index contributed by atoms with van der Waals surface area (Å²) in [5.41, 5.74) is 7.78. The van der Waals surface area contributed by atoms with Gasteiger partial charge in [0.15, 0.2) is 0 Å². The van der Waals surface area contributed by atoms with Crippen molar-refractivity contribution in [1.29, 1.82) is 0 Å². The lowest BCUT2D eigenvalue weighted by Gasteiger charge is -2.17. The van der Waals surface area contributed by atoms with Crippen molar-refractivity contribution in [3.8, 4) is 51.4 Å². The monoisotopic (exact) mass is 734 g/mol. The number of fused-ring (bicyclic) bond motifs is 3. The van der Waals surface area contributed by atoms with Crippen LogP contribution in [0.3, 0.4) is 0 Å². The average Bonchev–Trinajstić information content (AvgIpc) is 3.86. The normalized spacial score (nSPS) is 11.2. The van der Waals surface area contributed by atoms with E-state index in [4.69, 9.17) is 29.0 Å². The van der Waals surface area contributed by atoms with Gasteiger partial charge in [-0.15, -0.1) is 0 Å². The summed E-state index contributed by atoms with van der Waals surface area (Å²) in [4.78, 5) is 4.69. The molecule has 3 heterocycles. The van der Waals surface area contributed by atoms with Crippen LogP contribution < -0.4 is 18.9 Å². The van der Waals surface area contributed by atoms with Crippen LogP contribution in [0.25, 0.3) is 44.4 Å². The maximum absolute atomic E-state index is 6.53. The summed E-state index contributed by atoms with van der Waals surface area (Å²) in [7, 11) is 1.66. The Balaban J connectivity index is 1.04. The molecule has 9 rings (SSSR count). The average molecular weight is 735 g/mol. The Kier molecular flexibility index (Phi) is 9.35. The molecule has 0 radical (unpaired) electrons. The number of methoxy groups -OCH3 is 1. The van der Waals surface area contributed by atoms with Gasteiger partial charge < -0.3 is 18.9 Å². The van der Waals surface area contributed by atoms with Crippen molar-refractivity contribution in [3.05, 3.63) is 187 Å². The number of pyridine rings is 1. The van der Waals surface area contributed by atoms with Crippen LogP contribution in [0, 0.1) is 6.92 Å². The van der Waals surface area contributed by atoms with Crippen molar-refractivity contribution < 1.29 is 18.9 Å². The fourth-order valence-corrected chi connectivity index (χ4v) is 7.03. The number of nitrogens with zero attached hydrogens (tertiary/aromatic N) is 4. The topological polar surface area (TPSA) is 72.6 Å². The Hall–Kier alpha value is -7.32.